The second-order valence-corrected chi connectivity index (χ2v) is 3.90. The molecular formula is C11H17N3O. The summed E-state index contributed by atoms with van der Waals surface area (Å²) in [6, 6.07) is 0.740. The van der Waals surface area contributed by atoms with Crippen molar-refractivity contribution >= 4 is 6.01 Å². The van der Waals surface area contributed by atoms with Crippen LogP contribution in [0.1, 0.15) is 19.0 Å². The fourth-order valence-electron chi connectivity index (χ4n) is 1.65. The second-order valence-electron chi connectivity index (χ2n) is 3.90. The first-order valence-electron chi connectivity index (χ1n) is 5.29. The van der Waals surface area contributed by atoms with Crippen LogP contribution in [0.15, 0.2) is 22.3 Å². The molecule has 82 valence electrons. The molecule has 0 saturated carbocycles. The smallest absolute Gasteiger partial charge is 0.297 e. The van der Waals surface area contributed by atoms with Crippen molar-refractivity contribution in [3.63, 3.8) is 0 Å². The van der Waals surface area contributed by atoms with Gasteiger partial charge in [-0.25, -0.2) is 0 Å². The summed E-state index contributed by atoms with van der Waals surface area (Å²) in [6.45, 7) is 4.83. The molecule has 0 spiro atoms. The van der Waals surface area contributed by atoms with E-state index >= 15 is 0 Å². The van der Waals surface area contributed by atoms with E-state index in [-0.39, 0.29) is 0 Å². The van der Waals surface area contributed by atoms with Crippen LogP contribution in [0, 0.1) is 0 Å². The zero-order valence-corrected chi connectivity index (χ0v) is 9.29. The zero-order valence-electron chi connectivity index (χ0n) is 9.29. The molecule has 0 amide bonds. The third-order valence-corrected chi connectivity index (χ3v) is 2.60. The number of nitrogens with one attached hydrogen (secondary N) is 1. The van der Waals surface area contributed by atoms with E-state index in [4.69, 9.17) is 4.42 Å². The lowest BCUT2D eigenvalue weighted by Gasteiger charge is -2.23. The van der Waals surface area contributed by atoms with E-state index in [2.05, 4.69) is 28.2 Å². The van der Waals surface area contributed by atoms with Crippen molar-refractivity contribution in [3.8, 4) is 0 Å². The van der Waals surface area contributed by atoms with Crippen LogP contribution < -0.4 is 10.2 Å². The van der Waals surface area contributed by atoms with Crippen LogP contribution in [0.4, 0.5) is 6.01 Å². The molecular weight excluding hydrogens is 190 g/mol. The van der Waals surface area contributed by atoms with Crippen molar-refractivity contribution in [2.24, 2.45) is 0 Å². The van der Waals surface area contributed by atoms with E-state index in [0.717, 1.165) is 37.8 Å². The molecule has 0 bridgehead atoms. The Morgan fingerprint density at radius 2 is 2.47 bits per heavy atom. The highest BCUT2D eigenvalue weighted by Gasteiger charge is 2.14. The van der Waals surface area contributed by atoms with E-state index in [9.17, 15) is 0 Å². The molecule has 1 aromatic rings. The number of aromatic nitrogens is 1. The molecule has 1 N–H and O–H groups in total. The van der Waals surface area contributed by atoms with Gasteiger partial charge in [-0.15, -0.1) is 0 Å². The molecule has 0 unspecified atom stereocenters. The molecule has 0 fully saturated rings. The minimum Gasteiger partial charge on any atom is -0.432 e. The maximum Gasteiger partial charge on any atom is 0.297 e. The second kappa shape index (κ2) is 4.49. The fourth-order valence-corrected chi connectivity index (χ4v) is 1.65. The van der Waals surface area contributed by atoms with E-state index in [0.29, 0.717) is 0 Å². The van der Waals surface area contributed by atoms with Gasteiger partial charge in [0, 0.05) is 19.6 Å². The molecule has 0 atom stereocenters. The van der Waals surface area contributed by atoms with Crippen LogP contribution in [0.3, 0.4) is 0 Å². The fraction of sp³-hybridized carbons (Fsp3) is 0.545. The first-order valence-corrected chi connectivity index (χ1v) is 5.29. The van der Waals surface area contributed by atoms with Crippen molar-refractivity contribution in [3.05, 3.63) is 23.6 Å². The number of nitrogens with zero attached hydrogens (tertiary/aromatic N) is 2. The van der Waals surface area contributed by atoms with Crippen molar-refractivity contribution in [2.75, 3.05) is 25.0 Å². The maximum absolute atomic E-state index is 5.44. The van der Waals surface area contributed by atoms with E-state index in [1.165, 1.54) is 5.57 Å². The van der Waals surface area contributed by atoms with Crippen LogP contribution >= 0.6 is 0 Å². The Morgan fingerprint density at radius 3 is 3.13 bits per heavy atom. The predicted octanol–water partition coefficient (Wildman–Crippen LogP) is 1.55. The summed E-state index contributed by atoms with van der Waals surface area (Å²) >= 11 is 0. The molecule has 0 saturated heterocycles. The number of rotatable bonds is 3. The van der Waals surface area contributed by atoms with Gasteiger partial charge in [0.25, 0.3) is 6.01 Å². The van der Waals surface area contributed by atoms with Gasteiger partial charge in [-0.2, -0.15) is 4.98 Å². The molecule has 2 heterocycles. The summed E-state index contributed by atoms with van der Waals surface area (Å²) in [4.78, 5) is 6.58. The van der Waals surface area contributed by atoms with Gasteiger partial charge in [-0.1, -0.05) is 11.6 Å². The average molecular weight is 207 g/mol. The van der Waals surface area contributed by atoms with Crippen molar-refractivity contribution in [1.29, 1.82) is 0 Å². The molecule has 4 heteroatoms. The Kier molecular flexibility index (Phi) is 3.06. The molecule has 0 aliphatic carbocycles. The molecule has 1 aliphatic rings. The van der Waals surface area contributed by atoms with Gasteiger partial charge in [0.15, 0.2) is 0 Å². The molecule has 0 aromatic carbocycles. The summed E-state index contributed by atoms with van der Waals surface area (Å²) in [6.07, 6.45) is 5.05. The van der Waals surface area contributed by atoms with Crippen LogP contribution in [-0.4, -0.2) is 25.1 Å². The molecule has 0 radical (unpaired) electrons. The topological polar surface area (TPSA) is 41.3 Å². The Morgan fingerprint density at radius 1 is 1.60 bits per heavy atom. The largest absolute Gasteiger partial charge is 0.432 e. The van der Waals surface area contributed by atoms with Gasteiger partial charge in [-0.3, -0.25) is 0 Å². The van der Waals surface area contributed by atoms with E-state index in [1.54, 1.807) is 6.26 Å². The number of hydrogen-bond donors (Lipinski definition) is 1. The minimum atomic E-state index is 0.740. The van der Waals surface area contributed by atoms with Crippen molar-refractivity contribution in [1.82, 2.24) is 10.3 Å². The van der Waals surface area contributed by atoms with Crippen LogP contribution in [0.2, 0.25) is 0 Å². The SMILES string of the molecule is CNCc1coc(N2CC=C(C)CC2)n1. The highest BCUT2D eigenvalue weighted by Crippen LogP contribution is 2.18. The van der Waals surface area contributed by atoms with Gasteiger partial charge >= 0.3 is 0 Å². The van der Waals surface area contributed by atoms with Gasteiger partial charge in [0.1, 0.15) is 6.26 Å². The number of oxazole rings is 1. The lowest BCUT2D eigenvalue weighted by Crippen LogP contribution is -2.28. The molecule has 1 aliphatic heterocycles. The summed E-state index contributed by atoms with van der Waals surface area (Å²) in [7, 11) is 1.90. The maximum atomic E-state index is 5.44. The standard InChI is InChI=1S/C11H17N3O/c1-9-3-5-14(6-4-9)11-13-10(7-12-2)8-15-11/h3,8,12H,4-7H2,1-2H3. The highest BCUT2D eigenvalue weighted by molar-refractivity contribution is 5.31. The third kappa shape index (κ3) is 2.39. The Bertz CT molecular complexity index is 356. The lowest BCUT2D eigenvalue weighted by atomic mass is 10.1. The summed E-state index contributed by atoms with van der Waals surface area (Å²) in [5.41, 5.74) is 2.41. The summed E-state index contributed by atoms with van der Waals surface area (Å²) in [5, 5.41) is 3.05. The molecule has 2 rings (SSSR count). The van der Waals surface area contributed by atoms with Gasteiger partial charge in [0.2, 0.25) is 0 Å². The van der Waals surface area contributed by atoms with Gasteiger partial charge < -0.3 is 14.6 Å². The first-order chi connectivity index (χ1) is 7.29. The monoisotopic (exact) mass is 207 g/mol. The predicted molar refractivity (Wildman–Crippen MR) is 59.9 cm³/mol. The Balaban J connectivity index is 2.03. The highest BCUT2D eigenvalue weighted by atomic mass is 16.4. The van der Waals surface area contributed by atoms with E-state index < -0.39 is 0 Å². The first kappa shape index (κ1) is 10.2. The number of anilines is 1. The Hall–Kier alpha value is -1.29. The zero-order chi connectivity index (χ0) is 10.7. The third-order valence-electron chi connectivity index (χ3n) is 2.60. The number of hydrogen-bond acceptors (Lipinski definition) is 4. The van der Waals surface area contributed by atoms with Crippen molar-refractivity contribution < 1.29 is 4.42 Å². The minimum absolute atomic E-state index is 0.740. The molecule has 1 aromatic heterocycles. The summed E-state index contributed by atoms with van der Waals surface area (Å²) < 4.78 is 5.44. The summed E-state index contributed by atoms with van der Waals surface area (Å²) in [5.74, 6) is 0. The van der Waals surface area contributed by atoms with Crippen LogP contribution in [0.25, 0.3) is 0 Å². The molecule has 15 heavy (non-hydrogen) atoms. The quantitative estimate of drug-likeness (QED) is 0.763. The van der Waals surface area contributed by atoms with Gasteiger partial charge in [0.05, 0.1) is 5.69 Å². The lowest BCUT2D eigenvalue weighted by molar-refractivity contribution is 0.534. The average Bonchev–Trinajstić information content (AvgIpc) is 2.68. The van der Waals surface area contributed by atoms with E-state index in [1.807, 2.05) is 7.05 Å². The van der Waals surface area contributed by atoms with Gasteiger partial charge in [-0.05, 0) is 20.4 Å². The van der Waals surface area contributed by atoms with Crippen molar-refractivity contribution in [2.45, 2.75) is 19.9 Å². The molecule has 4 nitrogen and oxygen atoms in total. The Labute approximate surface area is 90.0 Å². The van der Waals surface area contributed by atoms with Crippen LogP contribution in [-0.2, 0) is 6.54 Å². The normalized spacial score (nSPS) is 16.7. The van der Waals surface area contributed by atoms with Crippen LogP contribution in [0.5, 0.6) is 0 Å².